The zero-order chi connectivity index (χ0) is 5.86. The summed E-state index contributed by atoms with van der Waals surface area (Å²) in [7, 11) is 0. The zero-order valence-corrected chi connectivity index (χ0v) is 5.24. The van der Waals surface area contributed by atoms with Crippen molar-refractivity contribution in [2.24, 2.45) is 0 Å². The van der Waals surface area contributed by atoms with Gasteiger partial charge in [-0.15, -0.1) is 11.6 Å². The Morgan fingerprint density at radius 3 is 2.29 bits per heavy atom. The molecule has 1 N–H and O–H groups in total. The van der Waals surface area contributed by atoms with E-state index in [1.54, 1.807) is 19.9 Å². The predicted octanol–water partition coefficient (Wildman–Crippen LogP) is 2.08. The molecule has 1 unspecified atom stereocenters. The first kappa shape index (κ1) is 6.83. The van der Waals surface area contributed by atoms with Crippen LogP contribution >= 0.6 is 11.6 Å². The maximum Gasteiger partial charge on any atom is 0.106 e. The first-order valence-electron chi connectivity index (χ1n) is 2.17. The van der Waals surface area contributed by atoms with Gasteiger partial charge in [-0.05, 0) is 19.9 Å². The molecule has 0 aromatic carbocycles. The van der Waals surface area contributed by atoms with Crippen LogP contribution in [0.25, 0.3) is 0 Å². The first-order chi connectivity index (χ1) is 3.18. The molecule has 0 saturated carbocycles. The number of aliphatic hydroxyl groups excluding tert-OH is 1. The molecule has 0 spiro atoms. The Morgan fingerprint density at radius 2 is 2.29 bits per heavy atom. The van der Waals surface area contributed by atoms with E-state index >= 15 is 0 Å². The Balaban J connectivity index is 3.56. The first-order valence-corrected chi connectivity index (χ1v) is 2.61. The molecule has 42 valence electrons. The van der Waals surface area contributed by atoms with Crippen LogP contribution in [0.1, 0.15) is 13.8 Å². The molecule has 0 aliphatic heterocycles. The van der Waals surface area contributed by atoms with Crippen molar-refractivity contribution in [3.8, 4) is 0 Å². The van der Waals surface area contributed by atoms with Gasteiger partial charge in [0.1, 0.15) is 5.76 Å². The smallest absolute Gasteiger partial charge is 0.106 e. The van der Waals surface area contributed by atoms with Crippen molar-refractivity contribution in [2.45, 2.75) is 19.2 Å². The van der Waals surface area contributed by atoms with E-state index in [9.17, 15) is 0 Å². The highest BCUT2D eigenvalue weighted by molar-refractivity contribution is 6.21. The van der Waals surface area contributed by atoms with Crippen LogP contribution < -0.4 is 0 Å². The minimum Gasteiger partial charge on any atom is -0.511 e. The second-order valence-electron chi connectivity index (χ2n) is 1.33. The van der Waals surface area contributed by atoms with E-state index in [-0.39, 0.29) is 11.1 Å². The summed E-state index contributed by atoms with van der Waals surface area (Å²) in [5, 5.41) is 8.42. The number of allylic oxidation sites excluding steroid dienone is 2. The second-order valence-corrected chi connectivity index (χ2v) is 1.98. The molecule has 0 heterocycles. The van der Waals surface area contributed by atoms with Crippen LogP contribution in [0.15, 0.2) is 11.8 Å². The quantitative estimate of drug-likeness (QED) is 0.415. The molecule has 0 aliphatic carbocycles. The van der Waals surface area contributed by atoms with E-state index in [4.69, 9.17) is 16.7 Å². The summed E-state index contributed by atoms with van der Waals surface area (Å²) in [5.74, 6) is 0.238. The van der Waals surface area contributed by atoms with Gasteiger partial charge in [0, 0.05) is 0 Å². The molecule has 0 radical (unpaired) electrons. The SMILES string of the molecule is C/C=C(\O)C(C)Cl. The molecular formula is C5H9ClO. The molecule has 0 aromatic heterocycles. The van der Waals surface area contributed by atoms with Crippen LogP contribution in [-0.2, 0) is 0 Å². The fourth-order valence-electron chi connectivity index (χ4n) is 0.230. The van der Waals surface area contributed by atoms with Crippen LogP contribution in [0.5, 0.6) is 0 Å². The van der Waals surface area contributed by atoms with Crippen LogP contribution in [0.2, 0.25) is 0 Å². The van der Waals surface area contributed by atoms with Crippen molar-refractivity contribution < 1.29 is 5.11 Å². The van der Waals surface area contributed by atoms with Gasteiger partial charge in [-0.2, -0.15) is 0 Å². The van der Waals surface area contributed by atoms with Gasteiger partial charge in [0.2, 0.25) is 0 Å². The van der Waals surface area contributed by atoms with Crippen LogP contribution in [0.4, 0.5) is 0 Å². The summed E-state index contributed by atoms with van der Waals surface area (Å²) < 4.78 is 0. The van der Waals surface area contributed by atoms with E-state index in [2.05, 4.69) is 0 Å². The average molecular weight is 121 g/mol. The molecule has 0 saturated heterocycles. The van der Waals surface area contributed by atoms with Gasteiger partial charge in [0.15, 0.2) is 0 Å². The van der Waals surface area contributed by atoms with Gasteiger partial charge in [0.25, 0.3) is 0 Å². The zero-order valence-electron chi connectivity index (χ0n) is 4.48. The molecule has 0 aromatic rings. The Bertz CT molecular complexity index is 76.1. The molecule has 0 bridgehead atoms. The van der Waals surface area contributed by atoms with Gasteiger partial charge in [0.05, 0.1) is 5.38 Å². The van der Waals surface area contributed by atoms with Crippen molar-refractivity contribution in [1.82, 2.24) is 0 Å². The van der Waals surface area contributed by atoms with Gasteiger partial charge < -0.3 is 5.11 Å². The lowest BCUT2D eigenvalue weighted by molar-refractivity contribution is 0.396. The van der Waals surface area contributed by atoms with Gasteiger partial charge in [-0.1, -0.05) is 0 Å². The Labute approximate surface area is 48.6 Å². The number of rotatable bonds is 1. The van der Waals surface area contributed by atoms with Crippen molar-refractivity contribution in [2.75, 3.05) is 0 Å². The summed E-state index contributed by atoms with van der Waals surface area (Å²) in [6.45, 7) is 3.46. The molecule has 0 amide bonds. The molecule has 2 heteroatoms. The fraction of sp³-hybridized carbons (Fsp3) is 0.600. The van der Waals surface area contributed by atoms with Crippen molar-refractivity contribution in [1.29, 1.82) is 0 Å². The molecule has 0 aliphatic rings. The van der Waals surface area contributed by atoms with Gasteiger partial charge in [-0.25, -0.2) is 0 Å². The summed E-state index contributed by atoms with van der Waals surface area (Å²) in [4.78, 5) is 0. The summed E-state index contributed by atoms with van der Waals surface area (Å²) >= 11 is 5.41. The highest BCUT2D eigenvalue weighted by Crippen LogP contribution is 2.02. The van der Waals surface area contributed by atoms with Crippen LogP contribution in [-0.4, -0.2) is 10.5 Å². The highest BCUT2D eigenvalue weighted by atomic mass is 35.5. The third kappa shape index (κ3) is 2.52. The number of hydrogen-bond donors (Lipinski definition) is 1. The van der Waals surface area contributed by atoms with Crippen molar-refractivity contribution >= 4 is 11.6 Å². The van der Waals surface area contributed by atoms with Crippen molar-refractivity contribution in [3.05, 3.63) is 11.8 Å². The maximum absolute atomic E-state index is 8.66. The normalized spacial score (nSPS) is 16.7. The van der Waals surface area contributed by atoms with E-state index in [0.29, 0.717) is 0 Å². The number of halogens is 1. The average Bonchev–Trinajstić information content (AvgIpc) is 1.65. The number of aliphatic hydroxyl groups is 1. The van der Waals surface area contributed by atoms with E-state index in [1.165, 1.54) is 0 Å². The topological polar surface area (TPSA) is 20.2 Å². The highest BCUT2D eigenvalue weighted by Gasteiger charge is 1.96. The summed E-state index contributed by atoms with van der Waals surface area (Å²) in [6, 6.07) is 0. The molecule has 7 heavy (non-hydrogen) atoms. The number of alkyl halides is 1. The standard InChI is InChI=1S/C5H9ClO/c1-3-5(7)4(2)6/h3-4,7H,1-2H3/b5-3-. The molecule has 1 atom stereocenters. The third-order valence-electron chi connectivity index (χ3n) is 0.703. The molecule has 0 rings (SSSR count). The fourth-order valence-corrected chi connectivity index (χ4v) is 0.356. The van der Waals surface area contributed by atoms with Gasteiger partial charge in [-0.3, -0.25) is 0 Å². The Hall–Kier alpha value is -0.170. The lowest BCUT2D eigenvalue weighted by Crippen LogP contribution is -1.93. The van der Waals surface area contributed by atoms with E-state index in [1.807, 2.05) is 0 Å². The van der Waals surface area contributed by atoms with Crippen molar-refractivity contribution in [3.63, 3.8) is 0 Å². The van der Waals surface area contributed by atoms with E-state index < -0.39 is 0 Å². The lowest BCUT2D eigenvalue weighted by atomic mass is 10.4. The molecule has 0 fully saturated rings. The Kier molecular flexibility index (Phi) is 2.84. The van der Waals surface area contributed by atoms with Gasteiger partial charge >= 0.3 is 0 Å². The third-order valence-corrected chi connectivity index (χ3v) is 0.927. The minimum atomic E-state index is -0.245. The maximum atomic E-state index is 8.66. The molecule has 1 nitrogen and oxygen atoms in total. The second kappa shape index (κ2) is 2.92. The minimum absolute atomic E-state index is 0.238. The molecular weight excluding hydrogens is 112 g/mol. The Morgan fingerprint density at radius 1 is 1.86 bits per heavy atom. The summed E-state index contributed by atoms with van der Waals surface area (Å²) in [6.07, 6.45) is 1.58. The lowest BCUT2D eigenvalue weighted by Gasteiger charge is -1.96. The van der Waals surface area contributed by atoms with E-state index in [0.717, 1.165) is 0 Å². The monoisotopic (exact) mass is 120 g/mol. The predicted molar refractivity (Wildman–Crippen MR) is 31.7 cm³/mol. The summed E-state index contributed by atoms with van der Waals surface area (Å²) in [5.41, 5.74) is 0. The van der Waals surface area contributed by atoms with Crippen LogP contribution in [0, 0.1) is 0 Å². The van der Waals surface area contributed by atoms with Crippen LogP contribution in [0.3, 0.4) is 0 Å². The largest absolute Gasteiger partial charge is 0.511 e. The number of hydrogen-bond acceptors (Lipinski definition) is 1.